The summed E-state index contributed by atoms with van der Waals surface area (Å²) < 4.78 is 0. The predicted octanol–water partition coefficient (Wildman–Crippen LogP) is 2.79. The van der Waals surface area contributed by atoms with Crippen LogP contribution in [0.25, 0.3) is 0 Å². The first-order valence-corrected chi connectivity index (χ1v) is 7.87. The molecule has 1 heterocycles. The van der Waals surface area contributed by atoms with Gasteiger partial charge in [-0.05, 0) is 30.7 Å². The van der Waals surface area contributed by atoms with Crippen molar-refractivity contribution in [3.8, 4) is 0 Å². The zero-order valence-electron chi connectivity index (χ0n) is 13.5. The van der Waals surface area contributed by atoms with Crippen molar-refractivity contribution < 1.29 is 19.3 Å². The molecule has 0 aromatic heterocycles. The molecule has 0 saturated carbocycles. The Hall–Kier alpha value is -3.26. The molecule has 1 N–H and O–H groups in total. The maximum absolute atomic E-state index is 12.4. The molecule has 2 aromatic carbocycles. The highest BCUT2D eigenvalue weighted by molar-refractivity contribution is 6.31. The quantitative estimate of drug-likeness (QED) is 0.503. The van der Waals surface area contributed by atoms with Gasteiger partial charge in [-0.25, -0.2) is 0 Å². The van der Waals surface area contributed by atoms with Gasteiger partial charge in [0.1, 0.15) is 12.1 Å². The molecule has 3 amide bonds. The Morgan fingerprint density at radius 2 is 1.88 bits per heavy atom. The zero-order chi connectivity index (χ0) is 19.0. The largest absolute Gasteiger partial charge is 0.324 e. The van der Waals surface area contributed by atoms with Crippen LogP contribution in [0.2, 0.25) is 5.02 Å². The van der Waals surface area contributed by atoms with Gasteiger partial charge in [-0.3, -0.25) is 29.4 Å². The predicted molar refractivity (Wildman–Crippen MR) is 93.3 cm³/mol. The molecular formula is C17H12ClN3O5. The number of fused-ring (bicyclic) bond motifs is 1. The maximum Gasteiger partial charge on any atom is 0.282 e. The topological polar surface area (TPSA) is 110 Å². The number of nitro groups is 1. The summed E-state index contributed by atoms with van der Waals surface area (Å²) in [6, 6.07) is 8.73. The number of carbonyl (C=O) groups excluding carboxylic acids is 3. The fourth-order valence-corrected chi connectivity index (χ4v) is 2.86. The Labute approximate surface area is 152 Å². The van der Waals surface area contributed by atoms with E-state index in [1.165, 1.54) is 12.1 Å². The van der Waals surface area contributed by atoms with Crippen molar-refractivity contribution in [3.63, 3.8) is 0 Å². The second-order valence-electron chi connectivity index (χ2n) is 5.61. The fourth-order valence-electron chi connectivity index (χ4n) is 2.69. The van der Waals surface area contributed by atoms with E-state index in [1.54, 1.807) is 25.1 Å². The van der Waals surface area contributed by atoms with E-state index >= 15 is 0 Å². The van der Waals surface area contributed by atoms with E-state index in [0.717, 1.165) is 6.07 Å². The standard InChI is InChI=1S/C17H12ClN3O5/c1-9-11(18)5-3-6-12(9)19-14(22)8-20-16(23)10-4-2-7-13(21(25)26)15(10)17(20)24/h2-7H,8H2,1H3,(H,19,22). The molecule has 0 spiro atoms. The van der Waals surface area contributed by atoms with Gasteiger partial charge in [0.25, 0.3) is 17.5 Å². The van der Waals surface area contributed by atoms with E-state index in [-0.39, 0.29) is 11.1 Å². The third-order valence-electron chi connectivity index (χ3n) is 4.02. The van der Waals surface area contributed by atoms with Gasteiger partial charge in [0, 0.05) is 16.8 Å². The highest BCUT2D eigenvalue weighted by Gasteiger charge is 2.41. The van der Waals surface area contributed by atoms with Crippen LogP contribution in [0.15, 0.2) is 36.4 Å². The third-order valence-corrected chi connectivity index (χ3v) is 4.43. The molecule has 2 aromatic rings. The van der Waals surface area contributed by atoms with E-state index in [0.29, 0.717) is 21.2 Å². The molecule has 1 aliphatic heterocycles. The SMILES string of the molecule is Cc1c(Cl)cccc1NC(=O)CN1C(=O)c2cccc([N+](=O)[O-])c2C1=O. The second kappa shape index (κ2) is 6.57. The molecule has 8 nitrogen and oxygen atoms in total. The first kappa shape index (κ1) is 17.6. The number of nitro benzene ring substituents is 1. The molecule has 0 atom stereocenters. The second-order valence-corrected chi connectivity index (χ2v) is 6.02. The normalized spacial score (nSPS) is 12.9. The number of benzene rings is 2. The van der Waals surface area contributed by atoms with Crippen LogP contribution < -0.4 is 5.32 Å². The minimum absolute atomic E-state index is 0.0871. The van der Waals surface area contributed by atoms with Gasteiger partial charge in [-0.15, -0.1) is 0 Å². The van der Waals surface area contributed by atoms with Crippen LogP contribution in [0.1, 0.15) is 26.3 Å². The van der Waals surface area contributed by atoms with Gasteiger partial charge < -0.3 is 5.32 Å². The van der Waals surface area contributed by atoms with Crippen molar-refractivity contribution in [1.29, 1.82) is 0 Å². The Bertz CT molecular complexity index is 973. The summed E-state index contributed by atoms with van der Waals surface area (Å²) >= 11 is 5.99. The molecule has 0 unspecified atom stereocenters. The average Bonchev–Trinajstić information content (AvgIpc) is 2.84. The minimum atomic E-state index is -0.865. The Morgan fingerprint density at radius 1 is 1.19 bits per heavy atom. The van der Waals surface area contributed by atoms with Crippen molar-refractivity contribution in [3.05, 3.63) is 68.2 Å². The molecule has 0 saturated heterocycles. The van der Waals surface area contributed by atoms with Crippen LogP contribution in [0.5, 0.6) is 0 Å². The van der Waals surface area contributed by atoms with Crippen molar-refractivity contribution >= 4 is 40.7 Å². The Kier molecular flexibility index (Phi) is 4.43. The lowest BCUT2D eigenvalue weighted by molar-refractivity contribution is -0.385. The summed E-state index contributed by atoms with van der Waals surface area (Å²) in [6.45, 7) is 1.15. The van der Waals surface area contributed by atoms with E-state index in [1.807, 2.05) is 0 Å². The number of imide groups is 1. The maximum atomic E-state index is 12.4. The molecule has 1 aliphatic rings. The number of nitrogens with zero attached hydrogens (tertiary/aromatic N) is 2. The van der Waals surface area contributed by atoms with Crippen LogP contribution in [0.3, 0.4) is 0 Å². The minimum Gasteiger partial charge on any atom is -0.324 e. The summed E-state index contributed by atoms with van der Waals surface area (Å²) in [5, 5.41) is 14.1. The summed E-state index contributed by atoms with van der Waals surface area (Å²) in [6.07, 6.45) is 0. The van der Waals surface area contributed by atoms with Crippen molar-refractivity contribution in [2.75, 3.05) is 11.9 Å². The summed E-state index contributed by atoms with van der Waals surface area (Å²) in [5.41, 5.74) is 0.241. The van der Waals surface area contributed by atoms with Crippen LogP contribution in [0, 0.1) is 17.0 Å². The molecule has 0 radical (unpaired) electrons. The van der Waals surface area contributed by atoms with Crippen molar-refractivity contribution in [2.45, 2.75) is 6.92 Å². The molecule has 9 heteroatoms. The first-order valence-electron chi connectivity index (χ1n) is 7.50. The number of hydrogen-bond donors (Lipinski definition) is 1. The molecule has 132 valence electrons. The number of anilines is 1. The van der Waals surface area contributed by atoms with Gasteiger partial charge in [0.05, 0.1) is 10.5 Å². The summed E-state index contributed by atoms with van der Waals surface area (Å²) in [4.78, 5) is 48.1. The molecular weight excluding hydrogens is 362 g/mol. The number of amides is 3. The number of carbonyl (C=O) groups is 3. The van der Waals surface area contributed by atoms with Crippen LogP contribution in [0.4, 0.5) is 11.4 Å². The van der Waals surface area contributed by atoms with E-state index in [2.05, 4.69) is 5.32 Å². The lowest BCUT2D eigenvalue weighted by atomic mass is 10.1. The fraction of sp³-hybridized carbons (Fsp3) is 0.118. The lowest BCUT2D eigenvalue weighted by Gasteiger charge is -2.14. The Morgan fingerprint density at radius 3 is 2.58 bits per heavy atom. The summed E-state index contributed by atoms with van der Waals surface area (Å²) in [7, 11) is 0. The molecule has 26 heavy (non-hydrogen) atoms. The van der Waals surface area contributed by atoms with Gasteiger partial charge in [0.2, 0.25) is 5.91 Å². The first-order chi connectivity index (χ1) is 12.3. The molecule has 0 fully saturated rings. The summed E-state index contributed by atoms with van der Waals surface area (Å²) in [5.74, 6) is -2.23. The van der Waals surface area contributed by atoms with Crippen LogP contribution in [-0.2, 0) is 4.79 Å². The number of nitrogens with one attached hydrogen (secondary N) is 1. The highest BCUT2D eigenvalue weighted by atomic mass is 35.5. The number of rotatable bonds is 4. The Balaban J connectivity index is 1.83. The molecule has 0 bridgehead atoms. The van der Waals surface area contributed by atoms with Gasteiger partial charge in [-0.2, -0.15) is 0 Å². The van der Waals surface area contributed by atoms with Gasteiger partial charge >= 0.3 is 0 Å². The van der Waals surface area contributed by atoms with Crippen LogP contribution >= 0.6 is 11.6 Å². The smallest absolute Gasteiger partial charge is 0.282 e. The van der Waals surface area contributed by atoms with Crippen molar-refractivity contribution in [1.82, 2.24) is 4.90 Å². The van der Waals surface area contributed by atoms with Crippen LogP contribution in [-0.4, -0.2) is 34.1 Å². The molecule has 0 aliphatic carbocycles. The van der Waals surface area contributed by atoms with E-state index in [4.69, 9.17) is 11.6 Å². The lowest BCUT2D eigenvalue weighted by Crippen LogP contribution is -2.37. The van der Waals surface area contributed by atoms with Gasteiger partial charge in [-0.1, -0.05) is 23.7 Å². The zero-order valence-corrected chi connectivity index (χ0v) is 14.2. The third kappa shape index (κ3) is 2.91. The monoisotopic (exact) mass is 373 g/mol. The van der Waals surface area contributed by atoms with Crippen molar-refractivity contribution in [2.24, 2.45) is 0 Å². The van der Waals surface area contributed by atoms with Gasteiger partial charge in [0.15, 0.2) is 0 Å². The highest BCUT2D eigenvalue weighted by Crippen LogP contribution is 2.30. The van der Waals surface area contributed by atoms with E-state index in [9.17, 15) is 24.5 Å². The number of halogens is 1. The average molecular weight is 374 g/mol. The van der Waals surface area contributed by atoms with E-state index < -0.39 is 34.9 Å². The molecule has 3 rings (SSSR count). The number of hydrogen-bond acceptors (Lipinski definition) is 5.